The molecule has 0 aliphatic rings. The Balaban J connectivity index is 1.11. The summed E-state index contributed by atoms with van der Waals surface area (Å²) in [7, 11) is 0. The lowest BCUT2D eigenvalue weighted by Gasteiger charge is -2.11. The fraction of sp³-hybridized carbons (Fsp3) is 0. The summed E-state index contributed by atoms with van der Waals surface area (Å²) in [4.78, 5) is 10.8. The standard InChI is InChI=1S/C52H30N4OS/c1-3-15-31(16-4-1)47-51-48(37-22-10-14-26-45(37)58-51)54-52(53-47)56-42-24-12-7-19-34(42)39-29-32(27-28-43(39)56)38-30-40-35-20-8-11-23-41(35)55(33-17-5-2-6-18-33)49(40)46-36-21-9-13-25-44(36)57-50(38)46/h1-30H. The SMILES string of the molecule is c1ccc(-c2nc(-n3c4ccccc4c4cc(-c5cc6c7ccccc7n(-c7ccccc7)c6c6c5oc5ccccc56)ccc43)nc3c2sc2ccccc23)cc1. The van der Waals surface area contributed by atoms with Gasteiger partial charge in [-0.1, -0.05) is 127 Å². The molecule has 5 aromatic heterocycles. The molecule has 6 heteroatoms. The molecule has 0 spiro atoms. The first-order chi connectivity index (χ1) is 28.8. The molecule has 0 aliphatic carbocycles. The number of furan rings is 1. The van der Waals surface area contributed by atoms with Gasteiger partial charge in [-0.25, -0.2) is 9.97 Å². The molecule has 5 heterocycles. The molecule has 0 fully saturated rings. The second kappa shape index (κ2) is 12.0. The Bertz CT molecular complexity index is 3800. The zero-order valence-corrected chi connectivity index (χ0v) is 31.7. The van der Waals surface area contributed by atoms with Crippen molar-refractivity contribution in [3.8, 4) is 34.0 Å². The lowest BCUT2D eigenvalue weighted by molar-refractivity contribution is 0.670. The Morgan fingerprint density at radius 1 is 0.466 bits per heavy atom. The monoisotopic (exact) mass is 758 g/mol. The Kier molecular flexibility index (Phi) is 6.54. The van der Waals surface area contributed by atoms with Crippen molar-refractivity contribution in [2.24, 2.45) is 0 Å². The lowest BCUT2D eigenvalue weighted by atomic mass is 9.97. The molecule has 13 rings (SSSR count). The normalized spacial score (nSPS) is 12.1. The molecule has 0 saturated heterocycles. The number of thiophene rings is 1. The molecular formula is C52H30N4OS. The molecule has 270 valence electrons. The summed E-state index contributed by atoms with van der Waals surface area (Å²) in [5.41, 5.74) is 12.4. The van der Waals surface area contributed by atoms with E-state index < -0.39 is 0 Å². The van der Waals surface area contributed by atoms with E-state index in [1.165, 1.54) is 15.5 Å². The number of rotatable bonds is 4. The van der Waals surface area contributed by atoms with Crippen LogP contribution in [0.15, 0.2) is 186 Å². The first kappa shape index (κ1) is 31.6. The lowest BCUT2D eigenvalue weighted by Crippen LogP contribution is -2.02. The van der Waals surface area contributed by atoms with Gasteiger partial charge in [0.2, 0.25) is 5.95 Å². The summed E-state index contributed by atoms with van der Waals surface area (Å²) < 4.78 is 13.8. The number of aromatic nitrogens is 4. The van der Waals surface area contributed by atoms with Crippen molar-refractivity contribution in [3.63, 3.8) is 0 Å². The molecule has 13 aromatic rings. The molecular weight excluding hydrogens is 729 g/mol. The van der Waals surface area contributed by atoms with Gasteiger partial charge in [-0.3, -0.25) is 4.57 Å². The Morgan fingerprint density at radius 3 is 1.91 bits per heavy atom. The molecule has 0 atom stereocenters. The van der Waals surface area contributed by atoms with Crippen LogP contribution in [0.5, 0.6) is 0 Å². The van der Waals surface area contributed by atoms with Crippen LogP contribution in [0.3, 0.4) is 0 Å². The topological polar surface area (TPSA) is 48.8 Å². The Morgan fingerprint density at radius 2 is 1.10 bits per heavy atom. The van der Waals surface area contributed by atoms with Gasteiger partial charge in [0.05, 0.1) is 43.4 Å². The van der Waals surface area contributed by atoms with Crippen molar-refractivity contribution in [2.75, 3.05) is 0 Å². The van der Waals surface area contributed by atoms with Gasteiger partial charge in [-0.2, -0.15) is 0 Å². The predicted octanol–water partition coefficient (Wildman–Crippen LogP) is 14.3. The average Bonchev–Trinajstić information content (AvgIpc) is 4.04. The third-order valence-corrected chi connectivity index (χ3v) is 12.9. The summed E-state index contributed by atoms with van der Waals surface area (Å²) in [5, 5.41) is 8.02. The number of benzene rings is 8. The smallest absolute Gasteiger partial charge is 0.235 e. The van der Waals surface area contributed by atoms with Crippen LogP contribution in [-0.2, 0) is 0 Å². The first-order valence-electron chi connectivity index (χ1n) is 19.5. The summed E-state index contributed by atoms with van der Waals surface area (Å²) in [6, 6.07) is 64.6. The van der Waals surface area contributed by atoms with E-state index in [1.807, 2.05) is 0 Å². The number of para-hydroxylation sites is 4. The van der Waals surface area contributed by atoms with Gasteiger partial charge in [-0.15, -0.1) is 11.3 Å². The van der Waals surface area contributed by atoms with Gasteiger partial charge in [0, 0.05) is 53.8 Å². The highest BCUT2D eigenvalue weighted by Gasteiger charge is 2.24. The van der Waals surface area contributed by atoms with Crippen molar-refractivity contribution in [2.45, 2.75) is 0 Å². The van der Waals surface area contributed by atoms with Gasteiger partial charge >= 0.3 is 0 Å². The minimum absolute atomic E-state index is 0.656. The zero-order chi connectivity index (χ0) is 37.9. The van der Waals surface area contributed by atoms with Crippen LogP contribution < -0.4 is 0 Å². The molecule has 0 unspecified atom stereocenters. The van der Waals surface area contributed by atoms with E-state index in [2.05, 4.69) is 191 Å². The minimum atomic E-state index is 0.656. The van der Waals surface area contributed by atoms with Crippen LogP contribution in [0.1, 0.15) is 0 Å². The maximum Gasteiger partial charge on any atom is 0.235 e. The van der Waals surface area contributed by atoms with Gasteiger partial charge in [0.1, 0.15) is 11.2 Å². The molecule has 58 heavy (non-hydrogen) atoms. The molecule has 5 nitrogen and oxygen atoms in total. The second-order valence-electron chi connectivity index (χ2n) is 14.9. The van der Waals surface area contributed by atoms with Crippen LogP contribution in [-0.4, -0.2) is 19.1 Å². The average molecular weight is 759 g/mol. The highest BCUT2D eigenvalue weighted by molar-refractivity contribution is 7.26. The van der Waals surface area contributed by atoms with E-state index in [1.54, 1.807) is 11.3 Å². The number of hydrogen-bond donors (Lipinski definition) is 0. The van der Waals surface area contributed by atoms with E-state index in [-0.39, 0.29) is 0 Å². The number of nitrogens with zero attached hydrogens (tertiary/aromatic N) is 4. The van der Waals surface area contributed by atoms with E-state index in [4.69, 9.17) is 14.4 Å². The quantitative estimate of drug-likeness (QED) is 0.180. The summed E-state index contributed by atoms with van der Waals surface area (Å²) in [6.07, 6.45) is 0. The predicted molar refractivity (Wildman–Crippen MR) is 242 cm³/mol. The van der Waals surface area contributed by atoms with Crippen LogP contribution in [0.25, 0.3) is 120 Å². The maximum atomic E-state index is 6.89. The number of hydrogen-bond acceptors (Lipinski definition) is 4. The first-order valence-corrected chi connectivity index (χ1v) is 20.3. The van der Waals surface area contributed by atoms with Gasteiger partial charge in [0.15, 0.2) is 0 Å². The van der Waals surface area contributed by atoms with Crippen molar-refractivity contribution in [1.29, 1.82) is 0 Å². The number of fused-ring (bicyclic) bond motifs is 13. The van der Waals surface area contributed by atoms with Crippen molar-refractivity contribution < 1.29 is 4.42 Å². The van der Waals surface area contributed by atoms with E-state index in [0.29, 0.717) is 5.95 Å². The van der Waals surface area contributed by atoms with Crippen molar-refractivity contribution in [1.82, 2.24) is 19.1 Å². The second-order valence-corrected chi connectivity index (χ2v) is 16.0. The third kappa shape index (κ3) is 4.40. The molecule has 0 bridgehead atoms. The van der Waals surface area contributed by atoms with Crippen LogP contribution in [0.2, 0.25) is 0 Å². The highest BCUT2D eigenvalue weighted by atomic mass is 32.1. The van der Waals surface area contributed by atoms with Gasteiger partial charge in [-0.05, 0) is 60.2 Å². The minimum Gasteiger partial charge on any atom is -0.455 e. The van der Waals surface area contributed by atoms with E-state index in [9.17, 15) is 0 Å². The van der Waals surface area contributed by atoms with Crippen LogP contribution >= 0.6 is 11.3 Å². The largest absolute Gasteiger partial charge is 0.455 e. The molecule has 0 radical (unpaired) electrons. The fourth-order valence-corrected chi connectivity index (χ4v) is 10.4. The molecule has 0 amide bonds. The van der Waals surface area contributed by atoms with E-state index >= 15 is 0 Å². The van der Waals surface area contributed by atoms with Crippen LogP contribution in [0, 0.1) is 0 Å². The van der Waals surface area contributed by atoms with E-state index in [0.717, 1.165) is 98.5 Å². The van der Waals surface area contributed by atoms with Crippen molar-refractivity contribution >= 4 is 97.2 Å². The van der Waals surface area contributed by atoms with Gasteiger partial charge in [0.25, 0.3) is 0 Å². The Labute approximate surface area is 335 Å². The summed E-state index contributed by atoms with van der Waals surface area (Å²) >= 11 is 1.75. The summed E-state index contributed by atoms with van der Waals surface area (Å²) in [6.45, 7) is 0. The molecule has 0 saturated carbocycles. The fourth-order valence-electron chi connectivity index (χ4n) is 9.22. The van der Waals surface area contributed by atoms with Gasteiger partial charge < -0.3 is 8.98 Å². The summed E-state index contributed by atoms with van der Waals surface area (Å²) in [5.74, 6) is 0.656. The highest BCUT2D eigenvalue weighted by Crippen LogP contribution is 2.46. The maximum absolute atomic E-state index is 6.89. The molecule has 0 N–H and O–H groups in total. The zero-order valence-electron chi connectivity index (χ0n) is 30.9. The van der Waals surface area contributed by atoms with Crippen LogP contribution in [0.4, 0.5) is 0 Å². The molecule has 0 aliphatic heterocycles. The third-order valence-electron chi connectivity index (χ3n) is 11.7. The molecule has 8 aromatic carbocycles. The van der Waals surface area contributed by atoms with Crippen molar-refractivity contribution in [3.05, 3.63) is 182 Å². The Hall–Kier alpha value is -7.54.